The predicted molar refractivity (Wildman–Crippen MR) is 73.9 cm³/mol. The number of halogens is 1. The number of hydrogen-bond donors (Lipinski definition) is 1. The molecule has 1 rings (SSSR count). The number of ether oxygens (including phenoxy) is 1. The summed E-state index contributed by atoms with van der Waals surface area (Å²) < 4.78 is 5.78. The number of rotatable bonds is 7. The van der Waals surface area contributed by atoms with Crippen molar-refractivity contribution in [1.82, 2.24) is 5.32 Å². The van der Waals surface area contributed by atoms with Crippen LogP contribution in [-0.2, 0) is 0 Å². The second-order valence-electron chi connectivity index (χ2n) is 4.46. The van der Waals surface area contributed by atoms with Crippen molar-refractivity contribution in [3.05, 3.63) is 29.3 Å². The number of para-hydroxylation sites is 1. The highest BCUT2D eigenvalue weighted by molar-refractivity contribution is 6.32. The van der Waals surface area contributed by atoms with Crippen molar-refractivity contribution in [3.63, 3.8) is 0 Å². The van der Waals surface area contributed by atoms with E-state index in [4.69, 9.17) is 16.3 Å². The molecule has 2 unspecified atom stereocenters. The van der Waals surface area contributed by atoms with Crippen LogP contribution in [0, 0.1) is 0 Å². The van der Waals surface area contributed by atoms with E-state index in [1.165, 1.54) is 12.8 Å². The fourth-order valence-corrected chi connectivity index (χ4v) is 1.88. The molecule has 0 bridgehead atoms. The summed E-state index contributed by atoms with van der Waals surface area (Å²) >= 11 is 6.04. The molecule has 0 amide bonds. The van der Waals surface area contributed by atoms with Crippen LogP contribution < -0.4 is 10.1 Å². The van der Waals surface area contributed by atoms with Crippen molar-refractivity contribution >= 4 is 11.6 Å². The normalized spacial score (nSPS) is 14.4. The van der Waals surface area contributed by atoms with Crippen molar-refractivity contribution in [2.75, 3.05) is 6.54 Å². The molecule has 2 atom stereocenters. The largest absolute Gasteiger partial charge is 0.488 e. The lowest BCUT2D eigenvalue weighted by atomic mass is 10.2. The Morgan fingerprint density at radius 1 is 1.29 bits per heavy atom. The van der Waals surface area contributed by atoms with Gasteiger partial charge in [0.1, 0.15) is 11.9 Å². The van der Waals surface area contributed by atoms with Gasteiger partial charge in [-0.2, -0.15) is 0 Å². The number of hydrogen-bond acceptors (Lipinski definition) is 2. The third kappa shape index (κ3) is 5.42. The average Bonchev–Trinajstić information content (AvgIpc) is 2.30. The fourth-order valence-electron chi connectivity index (χ4n) is 1.70. The Hall–Kier alpha value is -0.730. The van der Waals surface area contributed by atoms with Crippen molar-refractivity contribution < 1.29 is 4.74 Å². The molecule has 1 aromatic rings. The van der Waals surface area contributed by atoms with Gasteiger partial charge in [0, 0.05) is 12.6 Å². The summed E-state index contributed by atoms with van der Waals surface area (Å²) in [6.45, 7) is 7.29. The van der Waals surface area contributed by atoms with E-state index >= 15 is 0 Å². The molecule has 1 N–H and O–H groups in total. The topological polar surface area (TPSA) is 21.3 Å². The predicted octanol–water partition coefficient (Wildman–Crippen LogP) is 3.89. The monoisotopic (exact) mass is 255 g/mol. The SMILES string of the molecule is CCCC(C)NCC(C)Oc1ccccc1Cl. The Kier molecular flexibility index (Phi) is 6.38. The first-order chi connectivity index (χ1) is 8.13. The lowest BCUT2D eigenvalue weighted by Gasteiger charge is -2.19. The van der Waals surface area contributed by atoms with Gasteiger partial charge in [-0.15, -0.1) is 0 Å². The van der Waals surface area contributed by atoms with Crippen LogP contribution in [0.5, 0.6) is 5.75 Å². The molecule has 0 aliphatic carbocycles. The first-order valence-electron chi connectivity index (χ1n) is 6.28. The maximum Gasteiger partial charge on any atom is 0.138 e. The van der Waals surface area contributed by atoms with Gasteiger partial charge in [0.05, 0.1) is 5.02 Å². The molecule has 0 aliphatic rings. The quantitative estimate of drug-likeness (QED) is 0.798. The summed E-state index contributed by atoms with van der Waals surface area (Å²) in [5, 5.41) is 4.12. The third-order valence-corrected chi connectivity index (χ3v) is 2.95. The zero-order valence-corrected chi connectivity index (χ0v) is 11.6. The summed E-state index contributed by atoms with van der Waals surface area (Å²) in [6.07, 6.45) is 2.52. The summed E-state index contributed by atoms with van der Waals surface area (Å²) in [4.78, 5) is 0. The molecule has 0 spiro atoms. The minimum absolute atomic E-state index is 0.120. The van der Waals surface area contributed by atoms with Crippen LogP contribution in [0.1, 0.15) is 33.6 Å². The summed E-state index contributed by atoms with van der Waals surface area (Å²) in [6, 6.07) is 8.12. The molecule has 0 heterocycles. The molecule has 2 nitrogen and oxygen atoms in total. The highest BCUT2D eigenvalue weighted by Gasteiger charge is 2.08. The van der Waals surface area contributed by atoms with E-state index in [0.29, 0.717) is 11.1 Å². The van der Waals surface area contributed by atoms with Crippen LogP contribution >= 0.6 is 11.6 Å². The molecular weight excluding hydrogens is 234 g/mol. The van der Waals surface area contributed by atoms with Gasteiger partial charge < -0.3 is 10.1 Å². The molecule has 17 heavy (non-hydrogen) atoms. The Labute approximate surface area is 109 Å². The third-order valence-electron chi connectivity index (χ3n) is 2.64. The lowest BCUT2D eigenvalue weighted by molar-refractivity contribution is 0.211. The molecule has 0 saturated carbocycles. The first kappa shape index (κ1) is 14.3. The minimum atomic E-state index is 0.120. The first-order valence-corrected chi connectivity index (χ1v) is 6.65. The van der Waals surface area contributed by atoms with E-state index in [1.54, 1.807) is 0 Å². The number of nitrogens with one attached hydrogen (secondary N) is 1. The molecule has 0 fully saturated rings. The molecule has 0 aliphatic heterocycles. The average molecular weight is 256 g/mol. The van der Waals surface area contributed by atoms with Gasteiger partial charge in [-0.1, -0.05) is 37.1 Å². The van der Waals surface area contributed by atoms with Crippen molar-refractivity contribution in [2.45, 2.75) is 45.8 Å². The maximum absolute atomic E-state index is 6.04. The van der Waals surface area contributed by atoms with Crippen LogP contribution in [0.4, 0.5) is 0 Å². The van der Waals surface area contributed by atoms with Crippen molar-refractivity contribution in [1.29, 1.82) is 0 Å². The van der Waals surface area contributed by atoms with E-state index in [1.807, 2.05) is 24.3 Å². The van der Waals surface area contributed by atoms with Gasteiger partial charge in [-0.25, -0.2) is 0 Å². The molecule has 0 saturated heterocycles. The molecule has 96 valence electrons. The smallest absolute Gasteiger partial charge is 0.138 e. The second-order valence-corrected chi connectivity index (χ2v) is 4.86. The van der Waals surface area contributed by atoms with E-state index < -0.39 is 0 Å². The molecular formula is C14H22ClNO. The molecule has 1 aromatic carbocycles. The van der Waals surface area contributed by atoms with Crippen molar-refractivity contribution in [3.8, 4) is 5.75 Å². The summed E-state index contributed by atoms with van der Waals surface area (Å²) in [7, 11) is 0. The van der Waals surface area contributed by atoms with E-state index in [2.05, 4.69) is 26.1 Å². The Bertz CT molecular complexity index is 330. The van der Waals surface area contributed by atoms with E-state index in [9.17, 15) is 0 Å². The van der Waals surface area contributed by atoms with Crippen molar-refractivity contribution in [2.24, 2.45) is 0 Å². The highest BCUT2D eigenvalue weighted by atomic mass is 35.5. The standard InChI is InChI=1S/C14H22ClNO/c1-4-7-11(2)16-10-12(3)17-14-9-6-5-8-13(14)15/h5-6,8-9,11-12,16H,4,7,10H2,1-3H3. The minimum Gasteiger partial charge on any atom is -0.488 e. The van der Waals surface area contributed by atoms with Gasteiger partial charge in [0.15, 0.2) is 0 Å². The van der Waals surface area contributed by atoms with Gasteiger partial charge >= 0.3 is 0 Å². The van der Waals surface area contributed by atoms with Gasteiger partial charge in [0.2, 0.25) is 0 Å². The second kappa shape index (κ2) is 7.57. The van der Waals surface area contributed by atoms with Crippen LogP contribution in [0.2, 0.25) is 5.02 Å². The van der Waals surface area contributed by atoms with Crippen LogP contribution in [0.15, 0.2) is 24.3 Å². The molecule has 0 aromatic heterocycles. The summed E-state index contributed by atoms with van der Waals surface area (Å²) in [5.41, 5.74) is 0. The Balaban J connectivity index is 2.34. The van der Waals surface area contributed by atoms with Crippen LogP contribution in [0.3, 0.4) is 0 Å². The van der Waals surface area contributed by atoms with E-state index in [0.717, 1.165) is 12.3 Å². The fraction of sp³-hybridized carbons (Fsp3) is 0.571. The lowest BCUT2D eigenvalue weighted by Crippen LogP contribution is -2.35. The van der Waals surface area contributed by atoms with Crippen LogP contribution in [0.25, 0.3) is 0 Å². The zero-order valence-electron chi connectivity index (χ0n) is 10.9. The highest BCUT2D eigenvalue weighted by Crippen LogP contribution is 2.23. The van der Waals surface area contributed by atoms with E-state index in [-0.39, 0.29) is 6.10 Å². The zero-order chi connectivity index (χ0) is 12.7. The number of benzene rings is 1. The summed E-state index contributed by atoms with van der Waals surface area (Å²) in [5.74, 6) is 0.756. The van der Waals surface area contributed by atoms with Gasteiger partial charge in [0.25, 0.3) is 0 Å². The van der Waals surface area contributed by atoms with Gasteiger partial charge in [-0.3, -0.25) is 0 Å². The Morgan fingerprint density at radius 2 is 2.00 bits per heavy atom. The maximum atomic E-state index is 6.04. The van der Waals surface area contributed by atoms with Gasteiger partial charge in [-0.05, 0) is 32.4 Å². The molecule has 0 radical (unpaired) electrons. The van der Waals surface area contributed by atoms with Crippen LogP contribution in [-0.4, -0.2) is 18.7 Å². The molecule has 3 heteroatoms. The Morgan fingerprint density at radius 3 is 2.65 bits per heavy atom.